The number of ether oxygens (including phenoxy) is 1. The lowest BCUT2D eigenvalue weighted by Gasteiger charge is -2.22. The number of hydrogen-bond acceptors (Lipinski definition) is 3. The summed E-state index contributed by atoms with van der Waals surface area (Å²) in [5.41, 5.74) is 1.73. The quantitative estimate of drug-likeness (QED) is 0.413. The van der Waals surface area contributed by atoms with Gasteiger partial charge in [-0.3, -0.25) is 4.79 Å². The summed E-state index contributed by atoms with van der Waals surface area (Å²) in [7, 11) is 0. The van der Waals surface area contributed by atoms with E-state index >= 15 is 0 Å². The third-order valence-electron chi connectivity index (χ3n) is 5.18. The molecule has 3 rings (SSSR count). The van der Waals surface area contributed by atoms with Crippen molar-refractivity contribution in [2.45, 2.75) is 45.1 Å². The molecule has 3 nitrogen and oxygen atoms in total. The van der Waals surface area contributed by atoms with Gasteiger partial charge in [-0.2, -0.15) is 0 Å². The van der Waals surface area contributed by atoms with Gasteiger partial charge in [-0.25, -0.2) is 4.79 Å². The molecular formula is C16H20O3. The van der Waals surface area contributed by atoms with Gasteiger partial charge >= 0.3 is 5.97 Å². The first-order valence-corrected chi connectivity index (χ1v) is 7.09. The molecule has 1 heterocycles. The van der Waals surface area contributed by atoms with Crippen LogP contribution >= 0.6 is 0 Å². The smallest absolute Gasteiger partial charge is 0.334 e. The van der Waals surface area contributed by atoms with E-state index in [0.29, 0.717) is 11.5 Å². The minimum absolute atomic E-state index is 0.00370. The second-order valence-corrected chi connectivity index (χ2v) is 6.44. The maximum atomic E-state index is 11.8. The van der Waals surface area contributed by atoms with E-state index in [9.17, 15) is 9.59 Å². The first-order valence-electron chi connectivity index (χ1n) is 7.09. The molecule has 0 N–H and O–H groups in total. The van der Waals surface area contributed by atoms with Crippen LogP contribution in [0.3, 0.4) is 0 Å². The van der Waals surface area contributed by atoms with Crippen molar-refractivity contribution in [1.29, 1.82) is 0 Å². The summed E-state index contributed by atoms with van der Waals surface area (Å²) in [4.78, 5) is 22.8. The number of allylic oxidation sites excluding steroid dienone is 2. The first kappa shape index (κ1) is 12.6. The number of carbonyl (C=O) groups excluding carboxylic acids is 2. The zero-order valence-corrected chi connectivity index (χ0v) is 11.4. The predicted molar refractivity (Wildman–Crippen MR) is 71.3 cm³/mol. The molecule has 0 aromatic heterocycles. The Labute approximate surface area is 113 Å². The number of fused-ring (bicyclic) bond motifs is 3. The van der Waals surface area contributed by atoms with E-state index in [0.717, 1.165) is 44.0 Å². The average molecular weight is 260 g/mol. The highest BCUT2D eigenvalue weighted by Crippen LogP contribution is 2.61. The van der Waals surface area contributed by atoms with Crippen molar-refractivity contribution >= 4 is 12.3 Å². The van der Waals surface area contributed by atoms with Crippen LogP contribution in [0.1, 0.15) is 39.0 Å². The lowest BCUT2D eigenvalue weighted by atomic mass is 9.84. The number of aldehydes is 1. The normalized spacial score (nSPS) is 44.5. The van der Waals surface area contributed by atoms with Crippen molar-refractivity contribution in [3.8, 4) is 0 Å². The predicted octanol–water partition coefficient (Wildman–Crippen LogP) is 2.81. The molecule has 2 unspecified atom stereocenters. The number of rotatable bonds is 1. The molecule has 1 saturated carbocycles. The summed E-state index contributed by atoms with van der Waals surface area (Å²) in [6, 6.07) is 0. The molecule has 0 spiro atoms. The summed E-state index contributed by atoms with van der Waals surface area (Å²) in [5.74, 6) is 0.341. The van der Waals surface area contributed by atoms with Crippen LogP contribution in [0.2, 0.25) is 0 Å². The topological polar surface area (TPSA) is 43.4 Å². The molecule has 2 fully saturated rings. The van der Waals surface area contributed by atoms with Crippen molar-refractivity contribution in [1.82, 2.24) is 0 Å². The third kappa shape index (κ3) is 2.05. The molecule has 102 valence electrons. The van der Waals surface area contributed by atoms with Crippen LogP contribution in [-0.2, 0) is 14.3 Å². The molecule has 0 bridgehead atoms. The zero-order chi connectivity index (χ0) is 13.6. The van der Waals surface area contributed by atoms with E-state index < -0.39 is 0 Å². The first-order chi connectivity index (χ1) is 9.05. The lowest BCUT2D eigenvalue weighted by molar-refractivity contribution is -0.140. The molecule has 4 atom stereocenters. The van der Waals surface area contributed by atoms with Gasteiger partial charge in [0.25, 0.3) is 0 Å². The van der Waals surface area contributed by atoms with E-state index in [-0.39, 0.29) is 23.4 Å². The van der Waals surface area contributed by atoms with Gasteiger partial charge in [-0.05, 0) is 43.1 Å². The summed E-state index contributed by atoms with van der Waals surface area (Å²) in [5, 5.41) is 0. The fraction of sp³-hybridized carbons (Fsp3) is 0.625. The SMILES string of the molecule is C=C1C(=O)O[C@@H]2C3CC3(C)CC/C=C(/C=O)CC[C@@H]12. The van der Waals surface area contributed by atoms with Gasteiger partial charge in [0.1, 0.15) is 12.4 Å². The fourth-order valence-electron chi connectivity index (χ4n) is 3.69. The van der Waals surface area contributed by atoms with Gasteiger partial charge < -0.3 is 4.74 Å². The maximum Gasteiger partial charge on any atom is 0.334 e. The molecule has 3 aliphatic rings. The highest BCUT2D eigenvalue weighted by Gasteiger charge is 2.59. The minimum Gasteiger partial charge on any atom is -0.458 e. The van der Waals surface area contributed by atoms with Crippen molar-refractivity contribution in [3.63, 3.8) is 0 Å². The lowest BCUT2D eigenvalue weighted by Crippen LogP contribution is -2.23. The fourth-order valence-corrected chi connectivity index (χ4v) is 3.69. The molecule has 0 aromatic rings. The zero-order valence-electron chi connectivity index (χ0n) is 11.4. The van der Waals surface area contributed by atoms with Crippen molar-refractivity contribution < 1.29 is 14.3 Å². The molecule has 1 saturated heterocycles. The van der Waals surface area contributed by atoms with Gasteiger partial charge in [0.05, 0.1) is 0 Å². The van der Waals surface area contributed by atoms with E-state index in [1.54, 1.807) is 0 Å². The van der Waals surface area contributed by atoms with Crippen LogP contribution in [0, 0.1) is 17.3 Å². The van der Waals surface area contributed by atoms with Crippen molar-refractivity contribution in [3.05, 3.63) is 23.8 Å². The molecule has 0 aromatic carbocycles. The summed E-state index contributed by atoms with van der Waals surface area (Å²) < 4.78 is 5.55. The van der Waals surface area contributed by atoms with E-state index in [1.165, 1.54) is 0 Å². The van der Waals surface area contributed by atoms with Gasteiger partial charge in [0, 0.05) is 17.4 Å². The van der Waals surface area contributed by atoms with Gasteiger partial charge in [-0.15, -0.1) is 0 Å². The van der Waals surface area contributed by atoms with Crippen LogP contribution in [0.25, 0.3) is 0 Å². The molecule has 2 aliphatic carbocycles. The summed E-state index contributed by atoms with van der Waals surface area (Å²) in [6.07, 6.45) is 7.68. The van der Waals surface area contributed by atoms with Crippen molar-refractivity contribution in [2.75, 3.05) is 0 Å². The second-order valence-electron chi connectivity index (χ2n) is 6.44. The Morgan fingerprint density at radius 2 is 2.32 bits per heavy atom. The molecule has 0 radical (unpaired) electrons. The van der Waals surface area contributed by atoms with E-state index in [4.69, 9.17) is 4.74 Å². The molecule has 1 aliphatic heterocycles. The number of esters is 1. The van der Waals surface area contributed by atoms with E-state index in [2.05, 4.69) is 19.6 Å². The van der Waals surface area contributed by atoms with Gasteiger partial charge in [0.2, 0.25) is 0 Å². The second kappa shape index (κ2) is 4.32. The molecule has 3 heteroatoms. The molecular weight excluding hydrogens is 240 g/mol. The average Bonchev–Trinajstić information content (AvgIpc) is 2.97. The van der Waals surface area contributed by atoms with Crippen LogP contribution in [0.4, 0.5) is 0 Å². The number of carbonyl (C=O) groups is 2. The summed E-state index contributed by atoms with van der Waals surface area (Å²) in [6.45, 7) is 6.15. The Hall–Kier alpha value is -1.38. The highest BCUT2D eigenvalue weighted by molar-refractivity contribution is 5.91. The van der Waals surface area contributed by atoms with Crippen LogP contribution in [0.5, 0.6) is 0 Å². The summed E-state index contributed by atoms with van der Waals surface area (Å²) >= 11 is 0. The largest absolute Gasteiger partial charge is 0.458 e. The van der Waals surface area contributed by atoms with Crippen LogP contribution < -0.4 is 0 Å². The Morgan fingerprint density at radius 3 is 3.05 bits per heavy atom. The Morgan fingerprint density at radius 1 is 1.53 bits per heavy atom. The number of hydrogen-bond donors (Lipinski definition) is 0. The highest BCUT2D eigenvalue weighted by atomic mass is 16.6. The monoisotopic (exact) mass is 260 g/mol. The van der Waals surface area contributed by atoms with Crippen molar-refractivity contribution in [2.24, 2.45) is 17.3 Å². The van der Waals surface area contributed by atoms with Crippen LogP contribution in [-0.4, -0.2) is 18.4 Å². The van der Waals surface area contributed by atoms with Crippen LogP contribution in [0.15, 0.2) is 23.8 Å². The standard InChI is InChI=1S/C16H20O3/c1-10-12-6-5-11(9-17)4-3-7-16(2)8-13(16)14(12)19-15(10)18/h4,9,12-14H,1,3,5-8H2,2H3/b11-4+/t12-,13?,14-,16?/m0/s1. The third-order valence-corrected chi connectivity index (χ3v) is 5.18. The van der Waals surface area contributed by atoms with Gasteiger partial charge in [0.15, 0.2) is 0 Å². The Bertz CT molecular complexity index is 476. The minimum atomic E-state index is -0.236. The molecule has 0 amide bonds. The molecule has 19 heavy (non-hydrogen) atoms. The van der Waals surface area contributed by atoms with E-state index in [1.807, 2.05) is 0 Å². The van der Waals surface area contributed by atoms with Gasteiger partial charge in [-0.1, -0.05) is 19.6 Å². The Balaban J connectivity index is 1.88. The maximum absolute atomic E-state index is 11.8. The Kier molecular flexibility index (Phi) is 2.88.